The molecule has 250 valence electrons. The van der Waals surface area contributed by atoms with Gasteiger partial charge in [0, 0.05) is 54.0 Å². The minimum atomic E-state index is -1.12. The number of amides is 6. The molecule has 2 aromatic carbocycles. The second kappa shape index (κ2) is 13.0. The third-order valence-corrected chi connectivity index (χ3v) is 8.39. The third kappa shape index (κ3) is 6.18. The van der Waals surface area contributed by atoms with Crippen molar-refractivity contribution in [3.63, 3.8) is 0 Å². The predicted octanol–water partition coefficient (Wildman–Crippen LogP) is 1.87. The second-order valence-corrected chi connectivity index (χ2v) is 11.5. The highest BCUT2D eigenvalue weighted by Crippen LogP contribution is 2.36. The average molecular weight is 668 g/mol. The molecule has 2 aromatic heterocycles. The van der Waals surface area contributed by atoms with Gasteiger partial charge in [0.1, 0.15) is 11.9 Å². The largest absolute Gasteiger partial charge is 0.397 e. The van der Waals surface area contributed by atoms with Crippen LogP contribution in [0.4, 0.5) is 27.3 Å². The Kier molecular flexibility index (Phi) is 8.61. The summed E-state index contributed by atoms with van der Waals surface area (Å²) in [5.74, 6) is -3.98. The van der Waals surface area contributed by atoms with Crippen molar-refractivity contribution in [1.82, 2.24) is 25.5 Å². The normalized spacial score (nSPS) is 15.6. The highest BCUT2D eigenvalue weighted by molar-refractivity contribution is 6.25. The molecule has 2 aliphatic heterocycles. The van der Waals surface area contributed by atoms with Gasteiger partial charge in [-0.25, -0.2) is 9.37 Å². The van der Waals surface area contributed by atoms with Gasteiger partial charge in [-0.3, -0.25) is 44.0 Å². The number of carbonyl (C=O) groups is 6. The number of benzene rings is 2. The summed E-state index contributed by atoms with van der Waals surface area (Å²) < 4.78 is 15.2. The van der Waals surface area contributed by atoms with Crippen LogP contribution in [0.1, 0.15) is 45.5 Å². The standard InChI is InChI=1S/C33H30FN9O6/c1-15-19(11-37-13-21(15)35)18-9-16-10-24(40-12-20(16)30(36)29(18)34)41-26(45)7-8-38-27(46)14-39-22-4-2-3-17-28(22)33(49)43(32(17)48)23-5-6-25(44)42-31(23)47/h2-4,9-13,23,39H,5-8,14,35-36H2,1H3,(H,38,46)(H,40,41,45)(H,42,44,47). The summed E-state index contributed by atoms with van der Waals surface area (Å²) in [7, 11) is 0. The predicted molar refractivity (Wildman–Crippen MR) is 176 cm³/mol. The summed E-state index contributed by atoms with van der Waals surface area (Å²) in [6.45, 7) is 1.43. The van der Waals surface area contributed by atoms with E-state index in [1.807, 2.05) is 0 Å². The highest BCUT2D eigenvalue weighted by Gasteiger charge is 2.45. The first-order valence-electron chi connectivity index (χ1n) is 15.2. The number of imide groups is 2. The lowest BCUT2D eigenvalue weighted by Gasteiger charge is -2.27. The van der Waals surface area contributed by atoms with Crippen molar-refractivity contribution < 1.29 is 33.2 Å². The number of piperidine rings is 1. The first kappa shape index (κ1) is 32.5. The molecule has 4 heterocycles. The SMILES string of the molecule is Cc1c(N)cncc1-c1cc2cc(NC(=O)CCNC(=O)CNc3cccc4c3C(=O)N(C3CCC(=O)NC3=O)C4=O)ncc2c(N)c1F. The van der Waals surface area contributed by atoms with Gasteiger partial charge in [-0.2, -0.15) is 0 Å². The van der Waals surface area contributed by atoms with E-state index in [4.69, 9.17) is 11.5 Å². The second-order valence-electron chi connectivity index (χ2n) is 11.5. The van der Waals surface area contributed by atoms with Crippen molar-refractivity contribution in [1.29, 1.82) is 0 Å². The zero-order valence-corrected chi connectivity index (χ0v) is 26.1. The molecule has 0 bridgehead atoms. The lowest BCUT2D eigenvalue weighted by molar-refractivity contribution is -0.136. The summed E-state index contributed by atoms with van der Waals surface area (Å²) in [5, 5.41) is 11.1. The number of nitrogen functional groups attached to an aromatic ring is 2. The molecule has 6 amide bonds. The molecule has 0 spiro atoms. The molecule has 4 aromatic rings. The van der Waals surface area contributed by atoms with Crippen LogP contribution in [0.25, 0.3) is 21.9 Å². The van der Waals surface area contributed by atoms with E-state index < -0.39 is 47.3 Å². The molecule has 49 heavy (non-hydrogen) atoms. The topological polar surface area (TPSA) is 232 Å². The van der Waals surface area contributed by atoms with Crippen molar-refractivity contribution >= 4 is 69.1 Å². The van der Waals surface area contributed by atoms with Crippen LogP contribution in [0, 0.1) is 12.7 Å². The molecule has 15 nitrogen and oxygen atoms in total. The molecule has 1 saturated heterocycles. The van der Waals surface area contributed by atoms with E-state index in [1.54, 1.807) is 19.1 Å². The molecule has 1 fully saturated rings. The van der Waals surface area contributed by atoms with Crippen LogP contribution in [0.15, 0.2) is 48.9 Å². The molecule has 6 rings (SSSR count). The first-order valence-corrected chi connectivity index (χ1v) is 15.2. The molecule has 0 saturated carbocycles. The smallest absolute Gasteiger partial charge is 0.264 e. The number of carbonyl (C=O) groups excluding carboxylic acids is 6. The zero-order chi connectivity index (χ0) is 35.0. The lowest BCUT2D eigenvalue weighted by Crippen LogP contribution is -2.54. The van der Waals surface area contributed by atoms with Crippen molar-refractivity contribution in [3.05, 3.63) is 71.4 Å². The molecular formula is C33H30FN9O6. The van der Waals surface area contributed by atoms with E-state index in [0.29, 0.717) is 27.6 Å². The number of aromatic nitrogens is 2. The number of nitrogens with one attached hydrogen (secondary N) is 4. The van der Waals surface area contributed by atoms with Gasteiger partial charge >= 0.3 is 0 Å². The van der Waals surface area contributed by atoms with Gasteiger partial charge in [0.2, 0.25) is 23.6 Å². The Morgan fingerprint density at radius 1 is 1.02 bits per heavy atom. The molecule has 2 aliphatic rings. The van der Waals surface area contributed by atoms with Crippen molar-refractivity contribution in [2.45, 2.75) is 32.2 Å². The number of rotatable bonds is 9. The Morgan fingerprint density at radius 3 is 2.59 bits per heavy atom. The molecular weight excluding hydrogens is 637 g/mol. The van der Waals surface area contributed by atoms with E-state index in [9.17, 15) is 28.8 Å². The van der Waals surface area contributed by atoms with E-state index >= 15 is 4.39 Å². The van der Waals surface area contributed by atoms with E-state index in [0.717, 1.165) is 4.90 Å². The van der Waals surface area contributed by atoms with Gasteiger partial charge in [0.25, 0.3) is 11.8 Å². The molecule has 16 heteroatoms. The lowest BCUT2D eigenvalue weighted by atomic mass is 9.97. The van der Waals surface area contributed by atoms with Gasteiger partial charge in [0.05, 0.1) is 35.2 Å². The van der Waals surface area contributed by atoms with E-state index in [-0.39, 0.29) is 66.2 Å². The van der Waals surface area contributed by atoms with Crippen LogP contribution in [0.2, 0.25) is 0 Å². The average Bonchev–Trinajstić information content (AvgIpc) is 3.32. The van der Waals surface area contributed by atoms with Crippen molar-refractivity contribution in [2.75, 3.05) is 35.2 Å². The Balaban J connectivity index is 1.04. The maximum absolute atomic E-state index is 15.2. The van der Waals surface area contributed by atoms with Gasteiger partial charge in [-0.15, -0.1) is 0 Å². The Hall–Kier alpha value is -6.45. The Bertz CT molecular complexity index is 2100. The fraction of sp³-hybridized carbons (Fsp3) is 0.212. The fourth-order valence-corrected chi connectivity index (χ4v) is 5.80. The maximum atomic E-state index is 15.2. The minimum absolute atomic E-state index is 0.00801. The zero-order valence-electron chi connectivity index (χ0n) is 26.1. The number of fused-ring (bicyclic) bond motifs is 2. The summed E-state index contributed by atoms with van der Waals surface area (Å²) in [5.41, 5.74) is 13.9. The van der Waals surface area contributed by atoms with Crippen LogP contribution < -0.4 is 32.7 Å². The summed E-state index contributed by atoms with van der Waals surface area (Å²) in [6, 6.07) is 6.51. The number of halogens is 1. The van der Waals surface area contributed by atoms with Crippen LogP contribution in [0.5, 0.6) is 0 Å². The first-order chi connectivity index (χ1) is 23.4. The highest BCUT2D eigenvalue weighted by atomic mass is 19.1. The van der Waals surface area contributed by atoms with E-state index in [2.05, 4.69) is 31.2 Å². The Labute approximate surface area is 277 Å². The number of anilines is 4. The van der Waals surface area contributed by atoms with Crippen LogP contribution in [-0.2, 0) is 19.2 Å². The van der Waals surface area contributed by atoms with Crippen molar-refractivity contribution in [3.8, 4) is 11.1 Å². The third-order valence-electron chi connectivity index (χ3n) is 8.39. The molecule has 1 atom stereocenters. The number of hydrogen-bond acceptors (Lipinski definition) is 11. The number of hydrogen-bond donors (Lipinski definition) is 6. The van der Waals surface area contributed by atoms with Gasteiger partial charge in [0.15, 0.2) is 5.82 Å². The molecule has 8 N–H and O–H groups in total. The molecule has 0 radical (unpaired) electrons. The van der Waals surface area contributed by atoms with Gasteiger partial charge in [-0.1, -0.05) is 6.07 Å². The summed E-state index contributed by atoms with van der Waals surface area (Å²) >= 11 is 0. The van der Waals surface area contributed by atoms with Crippen LogP contribution in [0.3, 0.4) is 0 Å². The maximum Gasteiger partial charge on any atom is 0.264 e. The van der Waals surface area contributed by atoms with Crippen molar-refractivity contribution in [2.24, 2.45) is 0 Å². The van der Waals surface area contributed by atoms with Gasteiger partial charge in [-0.05, 0) is 48.6 Å². The van der Waals surface area contributed by atoms with Crippen LogP contribution in [-0.4, -0.2) is 69.4 Å². The van der Waals surface area contributed by atoms with E-state index in [1.165, 1.54) is 36.8 Å². The fourth-order valence-electron chi connectivity index (χ4n) is 5.80. The monoisotopic (exact) mass is 667 g/mol. The summed E-state index contributed by atoms with van der Waals surface area (Å²) in [4.78, 5) is 84.4. The summed E-state index contributed by atoms with van der Waals surface area (Å²) in [6.07, 6.45) is 4.22. The number of nitrogens with two attached hydrogens (primary N) is 2. The number of nitrogens with zero attached hydrogens (tertiary/aromatic N) is 3. The minimum Gasteiger partial charge on any atom is -0.397 e. The number of pyridine rings is 2. The van der Waals surface area contributed by atoms with Crippen LogP contribution >= 0.6 is 0 Å². The Morgan fingerprint density at radius 2 is 1.82 bits per heavy atom. The molecule has 0 aliphatic carbocycles. The quantitative estimate of drug-likeness (QED) is 0.111. The molecule has 1 unspecified atom stereocenters. The van der Waals surface area contributed by atoms with Gasteiger partial charge < -0.3 is 27.4 Å².